The normalized spacial score (nSPS) is 13.8. The number of rotatable bonds is 2. The second-order valence-corrected chi connectivity index (χ2v) is 4.85. The van der Waals surface area contributed by atoms with E-state index in [1.807, 2.05) is 18.4 Å². The molecule has 0 aliphatic carbocycles. The van der Waals surface area contributed by atoms with Crippen LogP contribution in [0.3, 0.4) is 0 Å². The van der Waals surface area contributed by atoms with E-state index in [1.165, 1.54) is 11.8 Å². The maximum atomic E-state index is 5.91. The third kappa shape index (κ3) is 2.06. The monoisotopic (exact) mass is 280 g/mol. The SMILES string of the molecule is CSc1ncn(N2Cc3ccc(Cl)cc3N=N2)n1. The Bertz CT molecular complexity index is 610. The van der Waals surface area contributed by atoms with Crippen LogP contribution in [0.1, 0.15) is 5.56 Å². The lowest BCUT2D eigenvalue weighted by Crippen LogP contribution is -2.30. The van der Waals surface area contributed by atoms with Gasteiger partial charge in [0.15, 0.2) is 0 Å². The van der Waals surface area contributed by atoms with Crippen molar-refractivity contribution in [3.8, 4) is 0 Å². The first-order chi connectivity index (χ1) is 8.76. The Morgan fingerprint density at radius 1 is 1.39 bits per heavy atom. The Balaban J connectivity index is 1.89. The molecule has 1 aliphatic rings. The van der Waals surface area contributed by atoms with Crippen LogP contribution in [0.4, 0.5) is 5.69 Å². The van der Waals surface area contributed by atoms with Gasteiger partial charge in [-0.2, -0.15) is 5.12 Å². The summed E-state index contributed by atoms with van der Waals surface area (Å²) in [6.07, 6.45) is 3.54. The molecule has 0 radical (unpaired) electrons. The quantitative estimate of drug-likeness (QED) is 0.794. The van der Waals surface area contributed by atoms with Crippen LogP contribution in [0, 0.1) is 0 Å². The minimum Gasteiger partial charge on any atom is -0.208 e. The zero-order valence-corrected chi connectivity index (χ0v) is 11.1. The van der Waals surface area contributed by atoms with Gasteiger partial charge in [0, 0.05) is 10.6 Å². The fourth-order valence-corrected chi connectivity index (χ4v) is 2.09. The highest BCUT2D eigenvalue weighted by atomic mass is 35.5. The van der Waals surface area contributed by atoms with Gasteiger partial charge >= 0.3 is 0 Å². The predicted molar refractivity (Wildman–Crippen MR) is 69.7 cm³/mol. The van der Waals surface area contributed by atoms with E-state index < -0.39 is 0 Å². The van der Waals surface area contributed by atoms with E-state index in [9.17, 15) is 0 Å². The molecule has 1 aromatic carbocycles. The lowest BCUT2D eigenvalue weighted by molar-refractivity contribution is 0.506. The maximum absolute atomic E-state index is 5.91. The predicted octanol–water partition coefficient (Wildman–Crippen LogP) is 2.80. The molecule has 92 valence electrons. The zero-order chi connectivity index (χ0) is 12.5. The van der Waals surface area contributed by atoms with Crippen LogP contribution in [0.2, 0.25) is 5.02 Å². The zero-order valence-electron chi connectivity index (χ0n) is 9.49. The summed E-state index contributed by atoms with van der Waals surface area (Å²) in [5.41, 5.74) is 1.85. The summed E-state index contributed by atoms with van der Waals surface area (Å²) in [6.45, 7) is 0.590. The van der Waals surface area contributed by atoms with Crippen molar-refractivity contribution in [1.82, 2.24) is 14.9 Å². The van der Waals surface area contributed by atoms with Crippen molar-refractivity contribution >= 4 is 29.1 Å². The van der Waals surface area contributed by atoms with Crippen LogP contribution in [-0.2, 0) is 6.54 Å². The Kier molecular flexibility index (Phi) is 2.92. The summed E-state index contributed by atoms with van der Waals surface area (Å²) in [7, 11) is 0. The van der Waals surface area contributed by atoms with Gasteiger partial charge in [-0.1, -0.05) is 29.4 Å². The second-order valence-electron chi connectivity index (χ2n) is 3.64. The highest BCUT2D eigenvalue weighted by molar-refractivity contribution is 7.98. The minimum atomic E-state index is 0.590. The Labute approximate surface area is 113 Å². The number of hydrogen-bond donors (Lipinski definition) is 0. The summed E-state index contributed by atoms with van der Waals surface area (Å²) in [4.78, 5) is 5.71. The summed E-state index contributed by atoms with van der Waals surface area (Å²) < 4.78 is 0. The van der Waals surface area contributed by atoms with Gasteiger partial charge in [-0.15, -0.1) is 15.0 Å². The standard InChI is InChI=1S/C10H9ClN6S/c1-18-10-12-6-17(14-10)16-5-7-2-3-8(11)4-9(7)13-15-16/h2-4,6H,5H2,1H3. The molecule has 8 heteroatoms. The van der Waals surface area contributed by atoms with Crippen molar-refractivity contribution in [1.29, 1.82) is 0 Å². The molecule has 0 saturated heterocycles. The Morgan fingerprint density at radius 2 is 2.28 bits per heavy atom. The lowest BCUT2D eigenvalue weighted by Gasteiger charge is -2.21. The molecular formula is C10H9ClN6S. The molecule has 3 rings (SSSR count). The maximum Gasteiger partial charge on any atom is 0.210 e. The third-order valence-corrected chi connectivity index (χ3v) is 3.28. The van der Waals surface area contributed by atoms with Crippen LogP contribution in [0.5, 0.6) is 0 Å². The van der Waals surface area contributed by atoms with Gasteiger partial charge in [0.25, 0.3) is 0 Å². The van der Waals surface area contributed by atoms with Crippen molar-refractivity contribution in [3.05, 3.63) is 35.1 Å². The number of aromatic nitrogens is 3. The first-order valence-corrected chi connectivity index (χ1v) is 6.80. The Hall–Kier alpha value is -1.60. The summed E-state index contributed by atoms with van der Waals surface area (Å²) in [5, 5.41) is 15.5. The molecule has 6 nitrogen and oxygen atoms in total. The number of fused-ring (bicyclic) bond motifs is 1. The van der Waals surface area contributed by atoms with Crippen LogP contribution in [0.25, 0.3) is 0 Å². The van der Waals surface area contributed by atoms with Crippen LogP contribution in [-0.4, -0.2) is 21.1 Å². The van der Waals surface area contributed by atoms with E-state index in [2.05, 4.69) is 20.4 Å². The molecule has 2 aromatic rings. The van der Waals surface area contributed by atoms with Crippen molar-refractivity contribution in [2.75, 3.05) is 11.4 Å². The van der Waals surface area contributed by atoms with E-state index >= 15 is 0 Å². The molecule has 0 unspecified atom stereocenters. The molecule has 0 spiro atoms. The average Bonchev–Trinajstić information content (AvgIpc) is 2.87. The van der Waals surface area contributed by atoms with Crippen molar-refractivity contribution in [2.45, 2.75) is 11.7 Å². The van der Waals surface area contributed by atoms with Crippen LogP contribution >= 0.6 is 23.4 Å². The molecule has 2 heterocycles. The van der Waals surface area contributed by atoms with E-state index in [0.29, 0.717) is 16.7 Å². The summed E-state index contributed by atoms with van der Waals surface area (Å²) in [6, 6.07) is 5.58. The molecule has 0 bridgehead atoms. The van der Waals surface area contributed by atoms with E-state index in [0.717, 1.165) is 11.3 Å². The number of halogens is 1. The molecule has 0 atom stereocenters. The third-order valence-electron chi connectivity index (χ3n) is 2.49. The van der Waals surface area contributed by atoms with Crippen LogP contribution in [0.15, 0.2) is 40.0 Å². The molecule has 1 aromatic heterocycles. The number of nitrogens with zero attached hydrogens (tertiary/aromatic N) is 6. The molecule has 1 aliphatic heterocycles. The van der Waals surface area contributed by atoms with Gasteiger partial charge in [0.2, 0.25) is 5.16 Å². The van der Waals surface area contributed by atoms with E-state index in [-0.39, 0.29) is 0 Å². The second kappa shape index (κ2) is 4.58. The highest BCUT2D eigenvalue weighted by Crippen LogP contribution is 2.28. The topological polar surface area (TPSA) is 58.7 Å². The average molecular weight is 281 g/mol. The van der Waals surface area contributed by atoms with Crippen LogP contribution < -0.4 is 5.12 Å². The number of benzene rings is 1. The van der Waals surface area contributed by atoms with Gasteiger partial charge in [-0.05, 0) is 23.6 Å². The fraction of sp³-hybridized carbons (Fsp3) is 0.200. The van der Waals surface area contributed by atoms with E-state index in [1.54, 1.807) is 22.3 Å². The molecule has 0 saturated carbocycles. The fourth-order valence-electron chi connectivity index (χ4n) is 1.61. The first-order valence-electron chi connectivity index (χ1n) is 5.20. The van der Waals surface area contributed by atoms with Gasteiger partial charge in [-0.25, -0.2) is 4.98 Å². The lowest BCUT2D eigenvalue weighted by atomic mass is 10.2. The number of hydrogen-bond acceptors (Lipinski definition) is 6. The van der Waals surface area contributed by atoms with Crippen molar-refractivity contribution in [3.63, 3.8) is 0 Å². The molecule has 0 fully saturated rings. The van der Waals surface area contributed by atoms with Gasteiger partial charge in [0.05, 0.1) is 12.2 Å². The molecule has 18 heavy (non-hydrogen) atoms. The molecule has 0 N–H and O–H groups in total. The van der Waals surface area contributed by atoms with Gasteiger partial charge in [0.1, 0.15) is 6.33 Å². The summed E-state index contributed by atoms with van der Waals surface area (Å²) in [5.74, 6) is 0. The molecule has 0 amide bonds. The van der Waals surface area contributed by atoms with Gasteiger partial charge in [-0.3, -0.25) is 0 Å². The summed E-state index contributed by atoms with van der Waals surface area (Å²) >= 11 is 7.39. The van der Waals surface area contributed by atoms with E-state index in [4.69, 9.17) is 11.6 Å². The number of thioether (sulfide) groups is 1. The Morgan fingerprint density at radius 3 is 3.06 bits per heavy atom. The van der Waals surface area contributed by atoms with Gasteiger partial charge < -0.3 is 0 Å². The van der Waals surface area contributed by atoms with Crippen molar-refractivity contribution < 1.29 is 0 Å². The highest BCUT2D eigenvalue weighted by Gasteiger charge is 2.16. The first kappa shape index (κ1) is 11.5. The molecular weight excluding hydrogens is 272 g/mol. The minimum absolute atomic E-state index is 0.590. The van der Waals surface area contributed by atoms with Crippen molar-refractivity contribution in [2.24, 2.45) is 10.3 Å². The smallest absolute Gasteiger partial charge is 0.208 e. The largest absolute Gasteiger partial charge is 0.210 e.